The maximum absolute atomic E-state index is 10.3. The van der Waals surface area contributed by atoms with Crippen LogP contribution in [0.25, 0.3) is 0 Å². The zero-order valence-corrected chi connectivity index (χ0v) is 10.2. The second-order valence-electron chi connectivity index (χ2n) is 5.13. The highest BCUT2D eigenvalue weighted by Gasteiger charge is 2.34. The number of morpholine rings is 1. The third kappa shape index (κ3) is 2.94. The molecule has 2 fully saturated rings. The van der Waals surface area contributed by atoms with Crippen LogP contribution in [-0.2, 0) is 4.74 Å². The van der Waals surface area contributed by atoms with Crippen molar-refractivity contribution in [2.75, 3.05) is 39.9 Å². The summed E-state index contributed by atoms with van der Waals surface area (Å²) in [5, 5.41) is 13.4. The Labute approximate surface area is 98.0 Å². The van der Waals surface area contributed by atoms with Crippen LogP contribution in [0.1, 0.15) is 25.7 Å². The molecule has 2 N–H and O–H groups in total. The summed E-state index contributed by atoms with van der Waals surface area (Å²) in [7, 11) is 1.91. The molecule has 1 aliphatic heterocycles. The lowest BCUT2D eigenvalue weighted by atomic mass is 9.81. The lowest BCUT2D eigenvalue weighted by Crippen LogP contribution is -2.50. The molecule has 0 radical (unpaired) electrons. The molecule has 0 amide bonds. The molecule has 0 unspecified atom stereocenters. The highest BCUT2D eigenvalue weighted by Crippen LogP contribution is 2.30. The molecule has 1 saturated heterocycles. The molecule has 0 aromatic heterocycles. The molecule has 2 aliphatic rings. The Kier molecular flexibility index (Phi) is 4.19. The monoisotopic (exact) mass is 228 g/mol. The molecule has 1 saturated carbocycles. The number of rotatable bonds is 3. The van der Waals surface area contributed by atoms with E-state index in [2.05, 4.69) is 10.2 Å². The minimum absolute atomic E-state index is 0.461. The largest absolute Gasteiger partial charge is 0.389 e. The van der Waals surface area contributed by atoms with E-state index in [9.17, 15) is 5.11 Å². The van der Waals surface area contributed by atoms with E-state index in [1.807, 2.05) is 7.05 Å². The number of hydrogen-bond acceptors (Lipinski definition) is 4. The fourth-order valence-corrected chi connectivity index (χ4v) is 2.95. The fraction of sp³-hybridized carbons (Fsp3) is 1.00. The Morgan fingerprint density at radius 1 is 1.31 bits per heavy atom. The Hall–Kier alpha value is -0.160. The van der Waals surface area contributed by atoms with Crippen LogP contribution in [0.5, 0.6) is 0 Å². The van der Waals surface area contributed by atoms with Crippen LogP contribution in [0.3, 0.4) is 0 Å². The average molecular weight is 228 g/mol. The van der Waals surface area contributed by atoms with Crippen molar-refractivity contribution in [2.24, 2.45) is 0 Å². The van der Waals surface area contributed by atoms with Crippen molar-refractivity contribution in [3.63, 3.8) is 0 Å². The van der Waals surface area contributed by atoms with E-state index >= 15 is 0 Å². The SMILES string of the molecule is CNCC1(O)CCC(N2CCOCC2)CC1. The summed E-state index contributed by atoms with van der Waals surface area (Å²) >= 11 is 0. The van der Waals surface area contributed by atoms with Gasteiger partial charge in [0.15, 0.2) is 0 Å². The van der Waals surface area contributed by atoms with Crippen molar-refractivity contribution in [3.8, 4) is 0 Å². The van der Waals surface area contributed by atoms with Crippen molar-refractivity contribution in [1.29, 1.82) is 0 Å². The Bertz CT molecular complexity index is 209. The molecule has 0 atom stereocenters. The quantitative estimate of drug-likeness (QED) is 0.725. The first kappa shape index (κ1) is 12.3. The van der Waals surface area contributed by atoms with Gasteiger partial charge in [0.2, 0.25) is 0 Å². The van der Waals surface area contributed by atoms with Crippen LogP contribution >= 0.6 is 0 Å². The van der Waals surface area contributed by atoms with Gasteiger partial charge in [0.05, 0.1) is 18.8 Å². The molecular formula is C12H24N2O2. The number of hydrogen-bond donors (Lipinski definition) is 2. The molecule has 94 valence electrons. The van der Waals surface area contributed by atoms with Crippen molar-refractivity contribution >= 4 is 0 Å². The number of nitrogens with zero attached hydrogens (tertiary/aromatic N) is 1. The third-order valence-corrected chi connectivity index (χ3v) is 3.95. The maximum atomic E-state index is 10.3. The predicted octanol–water partition coefficient (Wildman–Crippen LogP) is 0.212. The average Bonchev–Trinajstić information content (AvgIpc) is 2.31. The second-order valence-corrected chi connectivity index (χ2v) is 5.13. The highest BCUT2D eigenvalue weighted by atomic mass is 16.5. The second kappa shape index (κ2) is 5.45. The molecule has 0 aromatic carbocycles. The van der Waals surface area contributed by atoms with Crippen LogP contribution in [0.4, 0.5) is 0 Å². The van der Waals surface area contributed by atoms with Crippen LogP contribution in [0, 0.1) is 0 Å². The van der Waals surface area contributed by atoms with Crippen molar-refractivity contribution in [3.05, 3.63) is 0 Å². The van der Waals surface area contributed by atoms with Gasteiger partial charge in [-0.2, -0.15) is 0 Å². The maximum Gasteiger partial charge on any atom is 0.0772 e. The molecule has 0 spiro atoms. The Morgan fingerprint density at radius 3 is 2.50 bits per heavy atom. The smallest absolute Gasteiger partial charge is 0.0772 e. The zero-order valence-electron chi connectivity index (χ0n) is 10.2. The molecule has 1 aliphatic carbocycles. The number of nitrogens with one attached hydrogen (secondary N) is 1. The first-order valence-electron chi connectivity index (χ1n) is 6.42. The molecule has 4 nitrogen and oxygen atoms in total. The summed E-state index contributed by atoms with van der Waals surface area (Å²) in [6.45, 7) is 4.60. The minimum Gasteiger partial charge on any atom is -0.389 e. The van der Waals surface area contributed by atoms with Gasteiger partial charge in [-0.05, 0) is 32.7 Å². The van der Waals surface area contributed by atoms with E-state index in [-0.39, 0.29) is 0 Å². The summed E-state index contributed by atoms with van der Waals surface area (Å²) < 4.78 is 5.37. The van der Waals surface area contributed by atoms with Gasteiger partial charge in [0.1, 0.15) is 0 Å². The molecule has 4 heteroatoms. The summed E-state index contributed by atoms with van der Waals surface area (Å²) in [6.07, 6.45) is 4.10. The number of likely N-dealkylation sites (N-methyl/N-ethyl adjacent to an activating group) is 1. The van der Waals surface area contributed by atoms with E-state index in [4.69, 9.17) is 4.74 Å². The van der Waals surface area contributed by atoms with Gasteiger partial charge in [-0.25, -0.2) is 0 Å². The van der Waals surface area contributed by atoms with E-state index in [0.717, 1.165) is 58.5 Å². The van der Waals surface area contributed by atoms with E-state index in [0.29, 0.717) is 6.04 Å². The van der Waals surface area contributed by atoms with Gasteiger partial charge in [-0.15, -0.1) is 0 Å². The van der Waals surface area contributed by atoms with E-state index in [1.165, 1.54) is 0 Å². The van der Waals surface area contributed by atoms with Gasteiger partial charge in [0, 0.05) is 25.7 Å². The van der Waals surface area contributed by atoms with Crippen LogP contribution in [0.15, 0.2) is 0 Å². The number of aliphatic hydroxyl groups is 1. The molecular weight excluding hydrogens is 204 g/mol. The molecule has 0 bridgehead atoms. The first-order chi connectivity index (χ1) is 7.73. The fourth-order valence-electron chi connectivity index (χ4n) is 2.95. The van der Waals surface area contributed by atoms with E-state index < -0.39 is 5.60 Å². The molecule has 0 aromatic rings. The normalized spacial score (nSPS) is 37.5. The summed E-state index contributed by atoms with van der Waals surface area (Å²) in [5.41, 5.74) is -0.461. The Balaban J connectivity index is 1.79. The Morgan fingerprint density at radius 2 is 1.94 bits per heavy atom. The van der Waals surface area contributed by atoms with E-state index in [1.54, 1.807) is 0 Å². The molecule has 16 heavy (non-hydrogen) atoms. The zero-order chi connectivity index (χ0) is 11.4. The topological polar surface area (TPSA) is 44.7 Å². The number of ether oxygens (including phenoxy) is 1. The van der Waals surface area contributed by atoms with Crippen LogP contribution in [-0.4, -0.2) is 61.5 Å². The standard InChI is InChI=1S/C12H24N2O2/c1-13-10-12(15)4-2-11(3-5-12)14-6-8-16-9-7-14/h11,13,15H,2-10H2,1H3. The highest BCUT2D eigenvalue weighted by molar-refractivity contribution is 4.90. The minimum atomic E-state index is -0.461. The van der Waals surface area contributed by atoms with Crippen LogP contribution in [0.2, 0.25) is 0 Å². The summed E-state index contributed by atoms with van der Waals surface area (Å²) in [6, 6.07) is 0.668. The lowest BCUT2D eigenvalue weighted by Gasteiger charge is -2.42. The van der Waals surface area contributed by atoms with Gasteiger partial charge < -0.3 is 15.2 Å². The van der Waals surface area contributed by atoms with Crippen molar-refractivity contribution < 1.29 is 9.84 Å². The lowest BCUT2D eigenvalue weighted by molar-refractivity contribution is -0.0395. The summed E-state index contributed by atoms with van der Waals surface area (Å²) in [4.78, 5) is 2.53. The van der Waals surface area contributed by atoms with Crippen molar-refractivity contribution in [1.82, 2.24) is 10.2 Å². The van der Waals surface area contributed by atoms with Crippen LogP contribution < -0.4 is 5.32 Å². The molecule has 2 rings (SSSR count). The first-order valence-corrected chi connectivity index (χ1v) is 6.42. The van der Waals surface area contributed by atoms with Gasteiger partial charge in [-0.3, -0.25) is 4.90 Å². The predicted molar refractivity (Wildman–Crippen MR) is 63.5 cm³/mol. The van der Waals surface area contributed by atoms with Gasteiger partial charge in [-0.1, -0.05) is 0 Å². The van der Waals surface area contributed by atoms with Gasteiger partial charge >= 0.3 is 0 Å². The van der Waals surface area contributed by atoms with Crippen molar-refractivity contribution in [2.45, 2.75) is 37.3 Å². The summed E-state index contributed by atoms with van der Waals surface area (Å²) in [5.74, 6) is 0. The molecule has 1 heterocycles. The third-order valence-electron chi connectivity index (χ3n) is 3.95. The van der Waals surface area contributed by atoms with Gasteiger partial charge in [0.25, 0.3) is 0 Å².